The van der Waals surface area contributed by atoms with Gasteiger partial charge < -0.3 is 5.32 Å². The molecule has 5 nitrogen and oxygen atoms in total. The smallest absolute Gasteiger partial charge is 0.230 e. The Hall–Kier alpha value is -1.82. The number of rotatable bonds is 6. The number of nitrogens with one attached hydrogen (secondary N) is 1. The predicted octanol–water partition coefficient (Wildman–Crippen LogP) is 4.70. The molecule has 0 radical (unpaired) electrons. The third-order valence-corrected chi connectivity index (χ3v) is 8.79. The largest absolute Gasteiger partial charge is 0.352 e. The fourth-order valence-corrected chi connectivity index (χ4v) is 7.57. The van der Waals surface area contributed by atoms with Gasteiger partial charge >= 0.3 is 0 Å². The first kappa shape index (κ1) is 20.1. The van der Waals surface area contributed by atoms with Crippen molar-refractivity contribution >= 4 is 17.7 Å². The fourth-order valence-electron chi connectivity index (χ4n) is 6.84. The van der Waals surface area contributed by atoms with E-state index in [2.05, 4.69) is 54.5 Å². The molecule has 30 heavy (non-hydrogen) atoms. The number of hydrogen-bond donors (Lipinski definition) is 1. The minimum atomic E-state index is 0.110. The number of aromatic nitrogens is 3. The zero-order chi connectivity index (χ0) is 20.9. The number of thioether (sulfide) groups is 1. The van der Waals surface area contributed by atoms with Crippen molar-refractivity contribution in [2.75, 3.05) is 5.75 Å². The molecular formula is C24H32N4OS. The molecule has 4 fully saturated rings. The summed E-state index contributed by atoms with van der Waals surface area (Å²) in [5.74, 6) is 3.20. The van der Waals surface area contributed by atoms with Crippen molar-refractivity contribution in [3.05, 3.63) is 35.7 Å². The van der Waals surface area contributed by atoms with Gasteiger partial charge in [-0.2, -0.15) is 0 Å². The number of benzene rings is 1. The van der Waals surface area contributed by atoms with Gasteiger partial charge in [0.1, 0.15) is 6.33 Å². The van der Waals surface area contributed by atoms with E-state index in [1.807, 2.05) is 4.57 Å². The van der Waals surface area contributed by atoms with Gasteiger partial charge in [0, 0.05) is 6.04 Å². The van der Waals surface area contributed by atoms with Crippen molar-refractivity contribution in [1.82, 2.24) is 20.1 Å². The Bertz CT molecular complexity index is 917. The van der Waals surface area contributed by atoms with E-state index >= 15 is 0 Å². The summed E-state index contributed by atoms with van der Waals surface area (Å²) >= 11 is 1.47. The molecule has 1 heterocycles. The van der Waals surface area contributed by atoms with Crippen LogP contribution in [-0.2, 0) is 4.79 Å². The lowest BCUT2D eigenvalue weighted by Crippen LogP contribution is -2.56. The molecule has 6 heteroatoms. The van der Waals surface area contributed by atoms with Crippen LogP contribution in [0.15, 0.2) is 29.7 Å². The minimum absolute atomic E-state index is 0.110. The Balaban J connectivity index is 1.22. The first-order chi connectivity index (χ1) is 14.4. The van der Waals surface area contributed by atoms with Gasteiger partial charge in [-0.05, 0) is 94.1 Å². The monoisotopic (exact) mass is 424 g/mol. The van der Waals surface area contributed by atoms with Gasteiger partial charge in [0.2, 0.25) is 5.91 Å². The normalized spacial score (nSPS) is 30.4. The van der Waals surface area contributed by atoms with E-state index in [0.717, 1.165) is 28.6 Å². The topological polar surface area (TPSA) is 59.8 Å². The average Bonchev–Trinajstić information content (AvgIpc) is 3.13. The van der Waals surface area contributed by atoms with Gasteiger partial charge in [0.15, 0.2) is 5.16 Å². The predicted molar refractivity (Wildman–Crippen MR) is 120 cm³/mol. The summed E-state index contributed by atoms with van der Waals surface area (Å²) in [4.78, 5) is 12.8. The van der Waals surface area contributed by atoms with Crippen molar-refractivity contribution in [1.29, 1.82) is 0 Å². The summed E-state index contributed by atoms with van der Waals surface area (Å²) < 4.78 is 1.98. The number of amides is 1. The van der Waals surface area contributed by atoms with E-state index in [0.29, 0.717) is 11.2 Å². The highest BCUT2D eigenvalue weighted by atomic mass is 32.2. The van der Waals surface area contributed by atoms with Crippen LogP contribution in [0.3, 0.4) is 0 Å². The molecule has 1 aromatic carbocycles. The molecule has 6 rings (SSSR count). The van der Waals surface area contributed by atoms with Crippen molar-refractivity contribution in [3.8, 4) is 5.69 Å². The minimum Gasteiger partial charge on any atom is -0.352 e. The Kier molecular flexibility index (Phi) is 5.16. The molecule has 0 aliphatic heterocycles. The van der Waals surface area contributed by atoms with Crippen molar-refractivity contribution < 1.29 is 4.79 Å². The van der Waals surface area contributed by atoms with Crippen LogP contribution in [0.1, 0.15) is 56.6 Å². The highest BCUT2D eigenvalue weighted by molar-refractivity contribution is 7.99. The van der Waals surface area contributed by atoms with E-state index in [-0.39, 0.29) is 11.9 Å². The second-order valence-corrected chi connectivity index (χ2v) is 11.1. The van der Waals surface area contributed by atoms with Gasteiger partial charge in [-0.3, -0.25) is 9.36 Å². The Morgan fingerprint density at radius 1 is 1.20 bits per heavy atom. The molecule has 1 aromatic heterocycles. The standard InChI is InChI=1S/C24H32N4OS/c1-15-4-5-21(16(2)6-15)28-14-25-27-23(28)30-13-22(29)26-17(3)24-10-18-7-19(11-24)9-20(8-18)12-24/h4-6,14,17-20H,7-13H2,1-3H3,(H,26,29). The molecule has 1 unspecified atom stereocenters. The van der Waals surface area contributed by atoms with Crippen molar-refractivity contribution in [2.45, 2.75) is 70.5 Å². The van der Waals surface area contributed by atoms with Gasteiger partial charge in [-0.15, -0.1) is 10.2 Å². The highest BCUT2D eigenvalue weighted by Gasteiger charge is 2.53. The average molecular weight is 425 g/mol. The SMILES string of the molecule is Cc1ccc(-n2cnnc2SCC(=O)NC(C)C23CC4CC(CC(C4)C2)C3)c(C)c1. The van der Waals surface area contributed by atoms with Gasteiger partial charge in [0.25, 0.3) is 0 Å². The first-order valence-corrected chi connectivity index (χ1v) is 12.3. The zero-order valence-electron chi connectivity index (χ0n) is 18.2. The summed E-state index contributed by atoms with van der Waals surface area (Å²) in [5, 5.41) is 12.5. The number of aryl methyl sites for hydroxylation is 2. The second kappa shape index (κ2) is 7.70. The van der Waals surface area contributed by atoms with E-state index in [9.17, 15) is 4.79 Å². The molecule has 0 saturated heterocycles. The molecule has 4 aliphatic rings. The number of carbonyl (C=O) groups is 1. The Labute approximate surface area is 183 Å². The third kappa shape index (κ3) is 3.68. The van der Waals surface area contributed by atoms with Crippen LogP contribution in [0.4, 0.5) is 0 Å². The molecule has 2 aromatic rings. The number of nitrogens with zero attached hydrogens (tertiary/aromatic N) is 3. The van der Waals surface area contributed by atoms with Crippen LogP contribution in [0, 0.1) is 37.0 Å². The summed E-state index contributed by atoms with van der Waals surface area (Å²) in [6, 6.07) is 6.60. The Morgan fingerprint density at radius 2 is 1.87 bits per heavy atom. The van der Waals surface area contributed by atoms with Crippen LogP contribution >= 0.6 is 11.8 Å². The molecule has 4 aliphatic carbocycles. The molecule has 160 valence electrons. The summed E-state index contributed by atoms with van der Waals surface area (Å²) in [5.41, 5.74) is 3.82. The molecular weight excluding hydrogens is 392 g/mol. The summed E-state index contributed by atoms with van der Waals surface area (Å²) in [6.45, 7) is 6.43. The van der Waals surface area contributed by atoms with E-state index in [4.69, 9.17) is 0 Å². The van der Waals surface area contributed by atoms with Gasteiger partial charge in [-0.1, -0.05) is 29.5 Å². The lowest BCUT2D eigenvalue weighted by atomic mass is 9.48. The third-order valence-electron chi connectivity index (χ3n) is 7.84. The van der Waals surface area contributed by atoms with Crippen molar-refractivity contribution in [3.63, 3.8) is 0 Å². The molecule has 1 amide bonds. The van der Waals surface area contributed by atoms with E-state index in [1.165, 1.54) is 61.4 Å². The fraction of sp³-hybridized carbons (Fsp3) is 0.625. The quantitative estimate of drug-likeness (QED) is 0.683. The van der Waals surface area contributed by atoms with Crippen LogP contribution in [0.5, 0.6) is 0 Å². The molecule has 1 atom stereocenters. The number of carbonyl (C=O) groups excluding carboxylic acids is 1. The molecule has 4 bridgehead atoms. The molecule has 1 N–H and O–H groups in total. The maximum atomic E-state index is 12.8. The summed E-state index contributed by atoms with van der Waals surface area (Å²) in [7, 11) is 0. The molecule has 4 saturated carbocycles. The lowest BCUT2D eigenvalue weighted by molar-refractivity contribution is -0.123. The van der Waals surface area contributed by atoms with Crippen LogP contribution < -0.4 is 5.32 Å². The second-order valence-electron chi connectivity index (χ2n) is 10.1. The lowest BCUT2D eigenvalue weighted by Gasteiger charge is -2.59. The summed E-state index contributed by atoms with van der Waals surface area (Å²) in [6.07, 6.45) is 9.98. The van der Waals surface area contributed by atoms with Crippen molar-refractivity contribution in [2.24, 2.45) is 23.2 Å². The maximum absolute atomic E-state index is 12.8. The number of hydrogen-bond acceptors (Lipinski definition) is 4. The van der Waals surface area contributed by atoms with Gasteiger partial charge in [-0.25, -0.2) is 0 Å². The maximum Gasteiger partial charge on any atom is 0.230 e. The Morgan fingerprint density at radius 3 is 2.50 bits per heavy atom. The zero-order valence-corrected chi connectivity index (χ0v) is 19.0. The van der Waals surface area contributed by atoms with Crippen LogP contribution in [0.25, 0.3) is 5.69 Å². The van der Waals surface area contributed by atoms with Crippen LogP contribution in [0.2, 0.25) is 0 Å². The van der Waals surface area contributed by atoms with E-state index < -0.39 is 0 Å². The van der Waals surface area contributed by atoms with Crippen LogP contribution in [-0.4, -0.2) is 32.5 Å². The van der Waals surface area contributed by atoms with E-state index in [1.54, 1.807) is 6.33 Å². The molecule has 0 spiro atoms. The highest BCUT2D eigenvalue weighted by Crippen LogP contribution is 2.61. The first-order valence-electron chi connectivity index (χ1n) is 11.3. The van der Waals surface area contributed by atoms with Gasteiger partial charge in [0.05, 0.1) is 11.4 Å².